The van der Waals surface area contributed by atoms with Crippen LogP contribution in [0.3, 0.4) is 0 Å². The third kappa shape index (κ3) is 5.91. The molecule has 0 fully saturated rings. The SMILES string of the molecule is C1=Cc2cc3ccc(cc4nc(cc5ccc(cc1n2)[nH]5)C=C4)[nH]3.[Zn].c1csc(-c2ccsc2-c2cccs2)c1. The van der Waals surface area contributed by atoms with Crippen molar-refractivity contribution in [1.29, 1.82) is 0 Å². The fourth-order valence-electron chi connectivity index (χ4n) is 4.48. The average molecular weight is 624 g/mol. The molecule has 0 amide bonds. The minimum Gasteiger partial charge on any atom is -0.355 e. The van der Waals surface area contributed by atoms with Crippen LogP contribution in [0.4, 0.5) is 0 Å². The number of aromatic nitrogens is 4. The van der Waals surface area contributed by atoms with Gasteiger partial charge in [-0.3, -0.25) is 0 Å². The van der Waals surface area contributed by atoms with Gasteiger partial charge in [0.05, 0.1) is 27.7 Å². The van der Waals surface area contributed by atoms with E-state index in [1.165, 1.54) is 20.2 Å². The van der Waals surface area contributed by atoms with Gasteiger partial charge in [0.1, 0.15) is 0 Å². The molecule has 0 saturated carbocycles. The van der Waals surface area contributed by atoms with Crippen molar-refractivity contribution in [1.82, 2.24) is 19.9 Å². The molecule has 2 aliphatic rings. The Bertz CT molecular complexity index is 1750. The molecule has 6 aromatic heterocycles. The van der Waals surface area contributed by atoms with Crippen molar-refractivity contribution in [3.8, 4) is 20.2 Å². The summed E-state index contributed by atoms with van der Waals surface area (Å²) in [4.78, 5) is 20.1. The predicted octanol–water partition coefficient (Wildman–Crippen LogP) is 9.86. The number of nitrogens with zero attached hydrogens (tertiary/aromatic N) is 2. The van der Waals surface area contributed by atoms with E-state index in [1.54, 1.807) is 11.3 Å². The Kier molecular flexibility index (Phi) is 7.85. The maximum atomic E-state index is 4.63. The second-order valence-corrected chi connectivity index (χ2v) is 11.8. The van der Waals surface area contributed by atoms with E-state index in [2.05, 4.69) is 90.7 Å². The monoisotopic (exact) mass is 622 g/mol. The quantitative estimate of drug-likeness (QED) is 0.188. The zero-order valence-electron chi connectivity index (χ0n) is 21.4. The Morgan fingerprint density at radius 2 is 0.925 bits per heavy atom. The topological polar surface area (TPSA) is 57.4 Å². The number of thiophene rings is 3. The van der Waals surface area contributed by atoms with Crippen LogP contribution in [0.25, 0.3) is 66.6 Å². The molecule has 0 saturated heterocycles. The summed E-state index contributed by atoms with van der Waals surface area (Å²) < 4.78 is 0. The summed E-state index contributed by atoms with van der Waals surface area (Å²) in [7, 11) is 0. The molecule has 2 aliphatic heterocycles. The number of nitrogens with one attached hydrogen (secondary N) is 2. The molecule has 8 heteroatoms. The Balaban J connectivity index is 0.000000156. The largest absolute Gasteiger partial charge is 0.355 e. The molecule has 8 heterocycles. The van der Waals surface area contributed by atoms with Crippen molar-refractivity contribution < 1.29 is 19.5 Å². The Morgan fingerprint density at radius 3 is 1.35 bits per heavy atom. The number of H-pyrrole nitrogens is 2. The third-order valence-electron chi connectivity index (χ3n) is 6.24. The van der Waals surface area contributed by atoms with Crippen molar-refractivity contribution in [3.63, 3.8) is 0 Å². The molecule has 0 atom stereocenters. The maximum absolute atomic E-state index is 4.63. The van der Waals surface area contributed by atoms with Crippen LogP contribution in [0.1, 0.15) is 22.8 Å². The van der Waals surface area contributed by atoms with Crippen LogP contribution in [0.15, 0.2) is 95.0 Å². The van der Waals surface area contributed by atoms with Crippen molar-refractivity contribution in [2.45, 2.75) is 0 Å². The molecule has 40 heavy (non-hydrogen) atoms. The molecule has 0 radical (unpaired) electrons. The van der Waals surface area contributed by atoms with Crippen molar-refractivity contribution >= 4 is 80.4 Å². The standard InChI is InChI=1S/C20H14N4.C12H8S3.Zn/c1-2-14-10-16-5-6-18(23-16)12-20-8-7-19(24-20)11-17-4-3-15(22-17)9-13(1)21-14;1-3-10(13-6-1)9-5-8-15-12(9)11-4-2-7-14-11;/h1-12,21,24H;1-8H;. The molecule has 6 aromatic rings. The minimum absolute atomic E-state index is 0. The molecule has 2 N–H and O–H groups in total. The Labute approximate surface area is 256 Å². The van der Waals surface area contributed by atoms with Gasteiger partial charge in [0, 0.05) is 56.9 Å². The van der Waals surface area contributed by atoms with Crippen LogP contribution in [-0.4, -0.2) is 19.9 Å². The number of hydrogen-bond acceptors (Lipinski definition) is 5. The summed E-state index contributed by atoms with van der Waals surface area (Å²) in [5.74, 6) is 0. The van der Waals surface area contributed by atoms with E-state index < -0.39 is 0 Å². The van der Waals surface area contributed by atoms with Gasteiger partial charge in [0.25, 0.3) is 0 Å². The molecule has 0 aromatic carbocycles. The van der Waals surface area contributed by atoms with E-state index in [-0.39, 0.29) is 19.5 Å². The summed E-state index contributed by atoms with van der Waals surface area (Å²) in [6.07, 6.45) is 8.09. The van der Waals surface area contributed by atoms with E-state index in [1.807, 2.05) is 71.2 Å². The molecule has 8 bridgehead atoms. The van der Waals surface area contributed by atoms with Crippen LogP contribution >= 0.6 is 34.0 Å². The zero-order chi connectivity index (χ0) is 26.0. The third-order valence-corrected chi connectivity index (χ3v) is 9.11. The number of hydrogen-bond donors (Lipinski definition) is 2. The maximum Gasteiger partial charge on any atom is 0.0658 e. The first-order chi connectivity index (χ1) is 19.2. The zero-order valence-corrected chi connectivity index (χ0v) is 26.8. The summed E-state index contributed by atoms with van der Waals surface area (Å²) >= 11 is 5.43. The fraction of sp³-hybridized carbons (Fsp3) is 0. The Morgan fingerprint density at radius 1 is 0.475 bits per heavy atom. The van der Waals surface area contributed by atoms with Gasteiger partial charge in [-0.15, -0.1) is 34.0 Å². The van der Waals surface area contributed by atoms with Crippen molar-refractivity contribution in [3.05, 3.63) is 118 Å². The molecule has 0 aliphatic carbocycles. The number of aromatic amines is 2. The van der Waals surface area contributed by atoms with Crippen LogP contribution in [-0.2, 0) is 19.5 Å². The smallest absolute Gasteiger partial charge is 0.0658 e. The normalized spacial score (nSPS) is 11.6. The van der Waals surface area contributed by atoms with Crippen LogP contribution in [0.5, 0.6) is 0 Å². The van der Waals surface area contributed by atoms with Gasteiger partial charge >= 0.3 is 0 Å². The fourth-order valence-corrected chi connectivity index (χ4v) is 7.10. The van der Waals surface area contributed by atoms with Crippen LogP contribution < -0.4 is 0 Å². The van der Waals surface area contributed by atoms with Gasteiger partial charge in [-0.25, -0.2) is 9.97 Å². The summed E-state index contributed by atoms with van der Waals surface area (Å²) in [6.45, 7) is 0. The number of rotatable bonds is 2. The first-order valence-corrected chi connectivity index (χ1v) is 15.1. The first-order valence-electron chi connectivity index (χ1n) is 12.4. The van der Waals surface area contributed by atoms with Crippen LogP contribution in [0, 0.1) is 0 Å². The van der Waals surface area contributed by atoms with E-state index in [0.717, 1.165) is 44.8 Å². The van der Waals surface area contributed by atoms with Crippen LogP contribution in [0.2, 0.25) is 0 Å². The molecule has 190 valence electrons. The van der Waals surface area contributed by atoms with E-state index >= 15 is 0 Å². The van der Waals surface area contributed by atoms with Gasteiger partial charge in [0.15, 0.2) is 0 Å². The van der Waals surface area contributed by atoms with E-state index in [9.17, 15) is 0 Å². The predicted molar refractivity (Wildman–Crippen MR) is 170 cm³/mol. The van der Waals surface area contributed by atoms with Gasteiger partial charge < -0.3 is 9.97 Å². The van der Waals surface area contributed by atoms with Gasteiger partial charge in [-0.1, -0.05) is 12.1 Å². The summed E-state index contributed by atoms with van der Waals surface area (Å²) in [5.41, 5.74) is 9.23. The molecular formula is C32H22N4S3Zn. The van der Waals surface area contributed by atoms with E-state index in [4.69, 9.17) is 0 Å². The van der Waals surface area contributed by atoms with E-state index in [0.29, 0.717) is 0 Å². The minimum atomic E-state index is 0. The molecule has 0 spiro atoms. The average Bonchev–Trinajstić information content (AvgIpc) is 3.77. The van der Waals surface area contributed by atoms with Gasteiger partial charge in [-0.2, -0.15) is 0 Å². The second kappa shape index (κ2) is 11.8. The summed E-state index contributed by atoms with van der Waals surface area (Å²) in [5, 5.41) is 6.43. The number of fused-ring (bicyclic) bond motifs is 8. The van der Waals surface area contributed by atoms with Gasteiger partial charge in [-0.05, 0) is 107 Å². The second-order valence-electron chi connectivity index (χ2n) is 9.02. The van der Waals surface area contributed by atoms with Crippen molar-refractivity contribution in [2.24, 2.45) is 0 Å². The molecule has 4 nitrogen and oxygen atoms in total. The van der Waals surface area contributed by atoms with Gasteiger partial charge in [0.2, 0.25) is 0 Å². The first kappa shape index (κ1) is 26.5. The molecule has 0 unspecified atom stereocenters. The molecule has 8 rings (SSSR count). The van der Waals surface area contributed by atoms with Crippen molar-refractivity contribution in [2.75, 3.05) is 0 Å². The summed E-state index contributed by atoms with van der Waals surface area (Å²) in [6, 6.07) is 27.2. The Hall–Kier alpha value is -3.68. The molecular weight excluding hydrogens is 602 g/mol.